The van der Waals surface area contributed by atoms with E-state index in [-0.39, 0.29) is 0 Å². The summed E-state index contributed by atoms with van der Waals surface area (Å²) in [4.78, 5) is 4.36. The maximum Gasteiger partial charge on any atom is 0.227 e. The molecule has 0 spiro atoms. The standard InChI is InChI=1S/C13H17N3O/c1-9-3-5-11(6-4-9)13-15-12(17-16-13)7-10(2)8-14/h3-6,10H,7-8,14H2,1-2H3. The smallest absolute Gasteiger partial charge is 0.227 e. The van der Waals surface area contributed by atoms with Gasteiger partial charge in [0.15, 0.2) is 0 Å². The van der Waals surface area contributed by atoms with Gasteiger partial charge in [-0.25, -0.2) is 0 Å². The number of aryl methyl sites for hydroxylation is 1. The van der Waals surface area contributed by atoms with Crippen molar-refractivity contribution >= 4 is 0 Å². The highest BCUT2D eigenvalue weighted by atomic mass is 16.5. The van der Waals surface area contributed by atoms with Crippen molar-refractivity contribution in [3.05, 3.63) is 35.7 Å². The predicted molar refractivity (Wildman–Crippen MR) is 66.4 cm³/mol. The lowest BCUT2D eigenvalue weighted by atomic mass is 10.1. The largest absolute Gasteiger partial charge is 0.339 e. The van der Waals surface area contributed by atoms with Crippen LogP contribution in [0.3, 0.4) is 0 Å². The van der Waals surface area contributed by atoms with Crippen LogP contribution >= 0.6 is 0 Å². The van der Waals surface area contributed by atoms with Gasteiger partial charge in [0.05, 0.1) is 0 Å². The average molecular weight is 231 g/mol. The van der Waals surface area contributed by atoms with Crippen molar-refractivity contribution in [3.8, 4) is 11.4 Å². The minimum atomic E-state index is 0.362. The molecule has 17 heavy (non-hydrogen) atoms. The molecule has 1 aromatic heterocycles. The SMILES string of the molecule is Cc1ccc(-c2noc(CC(C)CN)n2)cc1. The highest BCUT2D eigenvalue weighted by molar-refractivity contribution is 5.54. The second-order valence-electron chi connectivity index (χ2n) is 4.42. The normalized spacial score (nSPS) is 12.6. The lowest BCUT2D eigenvalue weighted by molar-refractivity contribution is 0.360. The molecule has 1 atom stereocenters. The van der Waals surface area contributed by atoms with Crippen molar-refractivity contribution in [2.24, 2.45) is 11.7 Å². The molecule has 0 aliphatic carbocycles. The quantitative estimate of drug-likeness (QED) is 0.876. The Morgan fingerprint density at radius 3 is 2.65 bits per heavy atom. The van der Waals surface area contributed by atoms with Crippen LogP contribution in [-0.2, 0) is 6.42 Å². The number of nitrogens with two attached hydrogens (primary N) is 1. The zero-order valence-corrected chi connectivity index (χ0v) is 10.2. The lowest BCUT2D eigenvalue weighted by Gasteiger charge is -2.01. The van der Waals surface area contributed by atoms with Crippen molar-refractivity contribution in [1.82, 2.24) is 10.1 Å². The van der Waals surface area contributed by atoms with E-state index < -0.39 is 0 Å². The molecule has 2 aromatic rings. The molecule has 2 rings (SSSR count). The van der Waals surface area contributed by atoms with E-state index in [1.165, 1.54) is 5.56 Å². The first-order chi connectivity index (χ1) is 8.19. The first kappa shape index (κ1) is 11.8. The minimum absolute atomic E-state index is 0.362. The van der Waals surface area contributed by atoms with Crippen LogP contribution in [0.25, 0.3) is 11.4 Å². The first-order valence-electron chi connectivity index (χ1n) is 5.78. The summed E-state index contributed by atoms with van der Waals surface area (Å²) in [7, 11) is 0. The van der Waals surface area contributed by atoms with Crippen molar-refractivity contribution < 1.29 is 4.52 Å². The van der Waals surface area contributed by atoms with Gasteiger partial charge >= 0.3 is 0 Å². The molecule has 2 N–H and O–H groups in total. The number of nitrogens with zero attached hydrogens (tertiary/aromatic N) is 2. The fourth-order valence-electron chi connectivity index (χ4n) is 1.54. The molecule has 1 aromatic carbocycles. The third-order valence-corrected chi connectivity index (χ3v) is 2.70. The van der Waals surface area contributed by atoms with Crippen LogP contribution in [0.4, 0.5) is 0 Å². The molecule has 0 saturated heterocycles. The average Bonchev–Trinajstić information content (AvgIpc) is 2.78. The minimum Gasteiger partial charge on any atom is -0.339 e. The van der Waals surface area contributed by atoms with Gasteiger partial charge in [0.25, 0.3) is 0 Å². The van der Waals surface area contributed by atoms with Crippen LogP contribution in [0.1, 0.15) is 18.4 Å². The van der Waals surface area contributed by atoms with Gasteiger partial charge in [0.2, 0.25) is 11.7 Å². The van der Waals surface area contributed by atoms with E-state index in [1.807, 2.05) is 31.2 Å². The molecule has 0 fully saturated rings. The monoisotopic (exact) mass is 231 g/mol. The van der Waals surface area contributed by atoms with E-state index in [1.54, 1.807) is 0 Å². The Morgan fingerprint density at radius 1 is 1.29 bits per heavy atom. The van der Waals surface area contributed by atoms with Crippen molar-refractivity contribution in [2.45, 2.75) is 20.3 Å². The van der Waals surface area contributed by atoms with Crippen LogP contribution < -0.4 is 5.73 Å². The molecule has 1 heterocycles. The summed E-state index contributed by atoms with van der Waals surface area (Å²) in [6, 6.07) is 8.06. The Bertz CT molecular complexity index is 476. The van der Waals surface area contributed by atoms with Crippen LogP contribution in [0.5, 0.6) is 0 Å². The number of hydrogen-bond donors (Lipinski definition) is 1. The second-order valence-corrected chi connectivity index (χ2v) is 4.42. The van der Waals surface area contributed by atoms with Gasteiger partial charge in [-0.15, -0.1) is 0 Å². The summed E-state index contributed by atoms with van der Waals surface area (Å²) in [5, 5.41) is 3.98. The highest BCUT2D eigenvalue weighted by Crippen LogP contribution is 2.17. The molecule has 4 heteroatoms. The Labute approximate surface area is 101 Å². The van der Waals surface area contributed by atoms with Crippen molar-refractivity contribution in [2.75, 3.05) is 6.54 Å². The van der Waals surface area contributed by atoms with Gasteiger partial charge in [0, 0.05) is 12.0 Å². The molecule has 0 aliphatic rings. The number of aromatic nitrogens is 2. The molecule has 0 bridgehead atoms. The summed E-state index contributed by atoms with van der Waals surface area (Å²) in [6.07, 6.45) is 0.732. The van der Waals surface area contributed by atoms with Crippen LogP contribution in [0, 0.1) is 12.8 Å². The highest BCUT2D eigenvalue weighted by Gasteiger charge is 2.10. The Balaban J connectivity index is 2.15. The maximum absolute atomic E-state index is 5.56. The second kappa shape index (κ2) is 5.10. The fraction of sp³-hybridized carbons (Fsp3) is 0.385. The van der Waals surface area contributed by atoms with Crippen molar-refractivity contribution in [1.29, 1.82) is 0 Å². The molecule has 0 saturated carbocycles. The van der Waals surface area contributed by atoms with Gasteiger partial charge < -0.3 is 10.3 Å². The Hall–Kier alpha value is -1.68. The van der Waals surface area contributed by atoms with Crippen LogP contribution in [0.2, 0.25) is 0 Å². The summed E-state index contributed by atoms with van der Waals surface area (Å²) in [5.41, 5.74) is 7.76. The topological polar surface area (TPSA) is 64.9 Å². The Kier molecular flexibility index (Phi) is 3.54. The molecule has 1 unspecified atom stereocenters. The van der Waals surface area contributed by atoms with Gasteiger partial charge in [-0.2, -0.15) is 4.98 Å². The van der Waals surface area contributed by atoms with E-state index in [4.69, 9.17) is 10.3 Å². The van der Waals surface area contributed by atoms with Gasteiger partial charge in [-0.1, -0.05) is 41.9 Å². The zero-order valence-electron chi connectivity index (χ0n) is 10.2. The summed E-state index contributed by atoms with van der Waals surface area (Å²) >= 11 is 0. The van der Waals surface area contributed by atoms with E-state index >= 15 is 0 Å². The summed E-state index contributed by atoms with van der Waals surface area (Å²) < 4.78 is 5.21. The van der Waals surface area contributed by atoms with Crippen LogP contribution in [0.15, 0.2) is 28.8 Å². The van der Waals surface area contributed by atoms with Gasteiger partial charge in [-0.3, -0.25) is 0 Å². The predicted octanol–water partition coefficient (Wildman–Crippen LogP) is 2.18. The first-order valence-corrected chi connectivity index (χ1v) is 5.78. The molecule has 0 radical (unpaired) electrons. The van der Waals surface area contributed by atoms with Crippen LogP contribution in [-0.4, -0.2) is 16.7 Å². The zero-order chi connectivity index (χ0) is 12.3. The summed E-state index contributed by atoms with van der Waals surface area (Å²) in [5.74, 6) is 1.66. The van der Waals surface area contributed by atoms with Crippen molar-refractivity contribution in [3.63, 3.8) is 0 Å². The third kappa shape index (κ3) is 2.91. The number of rotatable bonds is 4. The maximum atomic E-state index is 5.56. The molecule has 90 valence electrons. The molecule has 4 nitrogen and oxygen atoms in total. The molecular formula is C13H17N3O. The van der Waals surface area contributed by atoms with Gasteiger partial charge in [-0.05, 0) is 19.4 Å². The molecule has 0 aliphatic heterocycles. The van der Waals surface area contributed by atoms with E-state index in [2.05, 4.69) is 17.1 Å². The van der Waals surface area contributed by atoms with E-state index in [0.29, 0.717) is 24.2 Å². The number of hydrogen-bond acceptors (Lipinski definition) is 4. The number of benzene rings is 1. The third-order valence-electron chi connectivity index (χ3n) is 2.70. The molecular weight excluding hydrogens is 214 g/mol. The fourth-order valence-corrected chi connectivity index (χ4v) is 1.54. The molecule has 0 amide bonds. The Morgan fingerprint density at radius 2 is 2.00 bits per heavy atom. The van der Waals surface area contributed by atoms with Gasteiger partial charge in [0.1, 0.15) is 0 Å². The summed E-state index contributed by atoms with van der Waals surface area (Å²) in [6.45, 7) is 4.74. The lowest BCUT2D eigenvalue weighted by Crippen LogP contribution is -2.13. The van der Waals surface area contributed by atoms with E-state index in [0.717, 1.165) is 12.0 Å². The van der Waals surface area contributed by atoms with E-state index in [9.17, 15) is 0 Å².